The molecule has 1 rings (SSSR count). The molecule has 1 aromatic carbocycles. The minimum Gasteiger partial charge on any atom is -0.496 e. The molecule has 0 aliphatic carbocycles. The third-order valence-electron chi connectivity index (χ3n) is 1.94. The van der Waals surface area contributed by atoms with Crippen molar-refractivity contribution in [2.24, 2.45) is 0 Å². The highest BCUT2D eigenvalue weighted by Crippen LogP contribution is 2.26. The smallest absolute Gasteiger partial charge is 0.133 e. The van der Waals surface area contributed by atoms with Gasteiger partial charge in [0.15, 0.2) is 0 Å². The molecule has 0 saturated carbocycles. The Bertz CT molecular complexity index is 279. The summed E-state index contributed by atoms with van der Waals surface area (Å²) in [6.45, 7) is 4.03. The molecule has 2 nitrogen and oxygen atoms in total. The maximum absolute atomic E-state index is 5.13. The second kappa shape index (κ2) is 3.48. The molecule has 0 spiro atoms. The molecule has 1 radical (unpaired) electrons. The van der Waals surface area contributed by atoms with Crippen molar-refractivity contribution in [3.8, 4) is 11.5 Å². The van der Waals surface area contributed by atoms with E-state index < -0.39 is 0 Å². The molecule has 0 saturated heterocycles. The molecule has 0 aliphatic heterocycles. The van der Waals surface area contributed by atoms with Crippen LogP contribution in [-0.2, 0) is 0 Å². The van der Waals surface area contributed by atoms with Crippen molar-refractivity contribution in [2.45, 2.75) is 13.8 Å². The van der Waals surface area contributed by atoms with E-state index in [1.807, 2.05) is 19.9 Å². The normalized spacial score (nSPS) is 9.67. The van der Waals surface area contributed by atoms with Crippen LogP contribution in [0.5, 0.6) is 11.5 Å². The Hall–Kier alpha value is -1.18. The first-order valence-corrected chi connectivity index (χ1v) is 3.80. The van der Waals surface area contributed by atoms with Crippen molar-refractivity contribution in [2.75, 3.05) is 14.2 Å². The highest BCUT2D eigenvalue weighted by Gasteiger charge is 2.04. The van der Waals surface area contributed by atoms with Crippen LogP contribution in [0.15, 0.2) is 6.07 Å². The SMILES string of the molecule is COc1[c]c(OC)c(C)c(C)c1. The van der Waals surface area contributed by atoms with Gasteiger partial charge in [0.25, 0.3) is 0 Å². The molecule has 0 bridgehead atoms. The lowest BCUT2D eigenvalue weighted by Crippen LogP contribution is -1.92. The van der Waals surface area contributed by atoms with Gasteiger partial charge in [-0.3, -0.25) is 0 Å². The number of rotatable bonds is 2. The van der Waals surface area contributed by atoms with E-state index in [1.165, 1.54) is 0 Å². The van der Waals surface area contributed by atoms with E-state index >= 15 is 0 Å². The summed E-state index contributed by atoms with van der Waals surface area (Å²) in [6, 6.07) is 4.95. The third-order valence-corrected chi connectivity index (χ3v) is 1.94. The Kier molecular flexibility index (Phi) is 2.58. The number of methoxy groups -OCH3 is 2. The number of hydrogen-bond acceptors (Lipinski definition) is 2. The molecule has 0 aliphatic rings. The Morgan fingerprint density at radius 3 is 2.33 bits per heavy atom. The second-order valence-corrected chi connectivity index (χ2v) is 2.68. The summed E-state index contributed by atoms with van der Waals surface area (Å²) < 4.78 is 10.2. The molecule has 0 unspecified atom stereocenters. The predicted molar refractivity (Wildman–Crippen MR) is 47.9 cm³/mol. The maximum Gasteiger partial charge on any atom is 0.133 e. The molecule has 0 atom stereocenters. The van der Waals surface area contributed by atoms with Crippen molar-refractivity contribution in [1.29, 1.82) is 0 Å². The van der Waals surface area contributed by atoms with Crippen LogP contribution in [0.3, 0.4) is 0 Å². The highest BCUT2D eigenvalue weighted by atomic mass is 16.5. The monoisotopic (exact) mass is 165 g/mol. The van der Waals surface area contributed by atoms with Gasteiger partial charge < -0.3 is 9.47 Å². The van der Waals surface area contributed by atoms with Crippen LogP contribution < -0.4 is 9.47 Å². The Labute approximate surface area is 73.1 Å². The van der Waals surface area contributed by atoms with Gasteiger partial charge in [-0.15, -0.1) is 0 Å². The molecule has 2 heteroatoms. The summed E-state index contributed by atoms with van der Waals surface area (Å²) in [5.74, 6) is 1.47. The van der Waals surface area contributed by atoms with Gasteiger partial charge in [0.1, 0.15) is 11.5 Å². The van der Waals surface area contributed by atoms with E-state index in [0.29, 0.717) is 0 Å². The summed E-state index contributed by atoms with van der Waals surface area (Å²) in [5, 5.41) is 0. The molecule has 0 N–H and O–H groups in total. The van der Waals surface area contributed by atoms with Crippen molar-refractivity contribution in [3.05, 3.63) is 23.3 Å². The first-order valence-electron chi connectivity index (χ1n) is 3.80. The van der Waals surface area contributed by atoms with Gasteiger partial charge in [0.2, 0.25) is 0 Å². The van der Waals surface area contributed by atoms with Gasteiger partial charge in [-0.2, -0.15) is 0 Å². The van der Waals surface area contributed by atoms with E-state index in [0.717, 1.165) is 22.6 Å². The van der Waals surface area contributed by atoms with Crippen LogP contribution in [0.1, 0.15) is 11.1 Å². The number of ether oxygens (including phenoxy) is 2. The van der Waals surface area contributed by atoms with E-state index in [9.17, 15) is 0 Å². The summed E-state index contributed by atoms with van der Waals surface area (Å²) >= 11 is 0. The van der Waals surface area contributed by atoms with Gasteiger partial charge in [0.05, 0.1) is 20.3 Å². The lowest BCUT2D eigenvalue weighted by molar-refractivity contribution is 0.390. The standard InChI is InChI=1S/C10H13O2/c1-7-5-9(11-3)6-10(12-4)8(7)2/h5H,1-4H3. The Morgan fingerprint density at radius 2 is 1.83 bits per heavy atom. The number of hydrogen-bond donors (Lipinski definition) is 0. The third kappa shape index (κ3) is 1.52. The van der Waals surface area contributed by atoms with Crippen LogP contribution >= 0.6 is 0 Å². The summed E-state index contributed by atoms with van der Waals surface area (Å²) in [6.07, 6.45) is 0. The van der Waals surface area contributed by atoms with E-state index in [1.54, 1.807) is 14.2 Å². The van der Waals surface area contributed by atoms with Crippen LogP contribution in [-0.4, -0.2) is 14.2 Å². The van der Waals surface area contributed by atoms with Crippen molar-refractivity contribution < 1.29 is 9.47 Å². The molecule has 65 valence electrons. The second-order valence-electron chi connectivity index (χ2n) is 2.68. The van der Waals surface area contributed by atoms with Crippen LogP contribution in [0.2, 0.25) is 0 Å². The molecular formula is C10H13O2. The first kappa shape index (κ1) is 8.91. The molecule has 0 fully saturated rings. The van der Waals surface area contributed by atoms with E-state index in [2.05, 4.69) is 6.07 Å². The zero-order chi connectivity index (χ0) is 9.14. The lowest BCUT2D eigenvalue weighted by Gasteiger charge is -2.08. The number of benzene rings is 1. The minimum atomic E-state index is 0.718. The van der Waals surface area contributed by atoms with Gasteiger partial charge in [-0.1, -0.05) is 0 Å². The summed E-state index contributed by atoms with van der Waals surface area (Å²) in [4.78, 5) is 0. The highest BCUT2D eigenvalue weighted by molar-refractivity contribution is 5.43. The van der Waals surface area contributed by atoms with Crippen molar-refractivity contribution in [1.82, 2.24) is 0 Å². The van der Waals surface area contributed by atoms with Gasteiger partial charge in [-0.25, -0.2) is 0 Å². The topological polar surface area (TPSA) is 18.5 Å². The Morgan fingerprint density at radius 1 is 1.17 bits per heavy atom. The molecule has 1 aromatic rings. The first-order chi connectivity index (χ1) is 5.69. The van der Waals surface area contributed by atoms with Gasteiger partial charge in [-0.05, 0) is 31.0 Å². The average Bonchev–Trinajstić information content (AvgIpc) is 2.09. The van der Waals surface area contributed by atoms with Gasteiger partial charge in [0, 0.05) is 0 Å². The van der Waals surface area contributed by atoms with Crippen molar-refractivity contribution >= 4 is 0 Å². The maximum atomic E-state index is 5.13. The van der Waals surface area contributed by atoms with Crippen LogP contribution in [0.25, 0.3) is 0 Å². The summed E-state index contributed by atoms with van der Waals surface area (Å²) in [5.41, 5.74) is 2.26. The largest absolute Gasteiger partial charge is 0.496 e. The Balaban J connectivity index is 3.19. The fourth-order valence-electron chi connectivity index (χ4n) is 1.04. The van der Waals surface area contributed by atoms with Crippen LogP contribution in [0, 0.1) is 19.9 Å². The molecule has 0 aromatic heterocycles. The predicted octanol–water partition coefficient (Wildman–Crippen LogP) is 2.12. The quantitative estimate of drug-likeness (QED) is 0.668. The molecule has 0 heterocycles. The van der Waals surface area contributed by atoms with E-state index in [4.69, 9.17) is 9.47 Å². The van der Waals surface area contributed by atoms with E-state index in [-0.39, 0.29) is 0 Å². The lowest BCUT2D eigenvalue weighted by atomic mass is 10.1. The minimum absolute atomic E-state index is 0.718. The van der Waals surface area contributed by atoms with Crippen LogP contribution in [0.4, 0.5) is 0 Å². The zero-order valence-corrected chi connectivity index (χ0v) is 7.89. The molecule has 0 amide bonds. The fraction of sp³-hybridized carbons (Fsp3) is 0.400. The fourth-order valence-corrected chi connectivity index (χ4v) is 1.04. The zero-order valence-electron chi connectivity index (χ0n) is 7.89. The molecule has 12 heavy (non-hydrogen) atoms. The average molecular weight is 165 g/mol. The summed E-state index contributed by atoms with van der Waals surface area (Å²) in [7, 11) is 3.26. The molecular weight excluding hydrogens is 152 g/mol. The van der Waals surface area contributed by atoms with Gasteiger partial charge >= 0.3 is 0 Å². The van der Waals surface area contributed by atoms with Crippen molar-refractivity contribution in [3.63, 3.8) is 0 Å². The number of aryl methyl sites for hydroxylation is 1.